The van der Waals surface area contributed by atoms with Crippen LogP contribution >= 0.6 is 0 Å². The first kappa shape index (κ1) is 90.5. The lowest BCUT2D eigenvalue weighted by atomic mass is 9.96. The van der Waals surface area contributed by atoms with Crippen molar-refractivity contribution < 1.29 is 89.4 Å². The van der Waals surface area contributed by atoms with Gasteiger partial charge in [-0.25, -0.2) is 0 Å². The maximum Gasteiger partial charge on any atom is 0.220 e. The number of carbonyl (C=O) groups is 1. The lowest BCUT2D eigenvalue weighted by Crippen LogP contribution is -2.66. The Balaban J connectivity index is 1.39. The number of aliphatic hydroxyl groups is 11. The van der Waals surface area contributed by atoms with Crippen LogP contribution in [0.3, 0.4) is 0 Å². The number of nitrogens with one attached hydrogen (secondary N) is 1. The van der Waals surface area contributed by atoms with Gasteiger partial charge in [-0.2, -0.15) is 0 Å². The van der Waals surface area contributed by atoms with Gasteiger partial charge >= 0.3 is 0 Å². The van der Waals surface area contributed by atoms with E-state index < -0.39 is 124 Å². The van der Waals surface area contributed by atoms with Gasteiger partial charge in [0.2, 0.25) is 5.91 Å². The monoisotopic (exact) mass is 1400 g/mol. The number of hydrogen-bond acceptors (Lipinski definition) is 18. The fourth-order valence-corrected chi connectivity index (χ4v) is 14.0. The fraction of sp³-hybridized carbons (Fsp3) is 0.937. The third kappa shape index (κ3) is 40.5. The molecule has 12 N–H and O–H groups in total. The van der Waals surface area contributed by atoms with Crippen molar-refractivity contribution in [2.24, 2.45) is 0 Å². The smallest absolute Gasteiger partial charge is 0.220 e. The van der Waals surface area contributed by atoms with Crippen molar-refractivity contribution in [3.63, 3.8) is 0 Å². The summed E-state index contributed by atoms with van der Waals surface area (Å²) in [4.78, 5) is 13.5. The van der Waals surface area contributed by atoms with Gasteiger partial charge in [0.15, 0.2) is 18.9 Å². The van der Waals surface area contributed by atoms with Crippen LogP contribution < -0.4 is 5.32 Å². The molecular weight excluding hydrogens is 1250 g/mol. The van der Waals surface area contributed by atoms with E-state index in [0.717, 1.165) is 38.5 Å². The standard InChI is InChI=1S/C79H149NO18/c1-3-5-7-9-11-13-15-17-19-21-23-25-27-29-30-31-32-33-34-36-38-40-42-44-46-48-50-52-54-56-63(84)62(80-67(85)57-55-53-51-49-47-45-43-41-39-37-35-28-26-24-22-20-18-16-14-12-10-8-6-4-2)61-93-77-73(91)70(88)75(65(59-82)95-77)98-79-74(92)71(89)76(66(60-83)96-79)97-78-72(90)69(87)68(86)64(58-81)94-78/h46,48,54,56,62-66,68-79,81-84,86-92H,3-45,47,49-53,55,57-61H2,1-2H3,(H,80,85)/b48-46+,56-54+. The molecule has 0 bridgehead atoms. The van der Waals surface area contributed by atoms with Crippen molar-refractivity contribution >= 4 is 5.91 Å². The first-order valence-electron chi connectivity index (χ1n) is 40.6. The summed E-state index contributed by atoms with van der Waals surface area (Å²) in [7, 11) is 0. The molecule has 0 aromatic carbocycles. The van der Waals surface area contributed by atoms with Crippen LogP contribution in [0.1, 0.15) is 341 Å². The molecule has 0 saturated carbocycles. The first-order valence-corrected chi connectivity index (χ1v) is 40.6. The average Bonchev–Trinajstić information content (AvgIpc) is 0.784. The lowest BCUT2D eigenvalue weighted by Gasteiger charge is -2.48. The minimum absolute atomic E-state index is 0.241. The molecule has 3 heterocycles. The molecule has 17 unspecified atom stereocenters. The van der Waals surface area contributed by atoms with Crippen LogP contribution in [0, 0.1) is 0 Å². The summed E-state index contributed by atoms with van der Waals surface area (Å²) in [6.45, 7) is 1.78. The number of ether oxygens (including phenoxy) is 6. The maximum absolute atomic E-state index is 13.5. The quantitative estimate of drug-likeness (QED) is 0.0199. The second kappa shape index (κ2) is 60.5. The molecule has 3 fully saturated rings. The van der Waals surface area contributed by atoms with Gasteiger partial charge in [0.1, 0.15) is 73.2 Å². The Morgan fingerprint density at radius 3 is 1.02 bits per heavy atom. The van der Waals surface area contributed by atoms with Crippen LogP contribution in [0.4, 0.5) is 0 Å². The van der Waals surface area contributed by atoms with Crippen LogP contribution in [0.5, 0.6) is 0 Å². The van der Waals surface area contributed by atoms with Crippen molar-refractivity contribution in [2.45, 2.75) is 446 Å². The SMILES string of the molecule is CCCCCCCCCCCCCCCCCCCCCCCCC/C=C/CC/C=C/C(O)C(COC1OC(CO)C(OC2OC(CO)C(OC3OC(CO)C(O)C(O)C3O)C(O)C2O)C(O)C1O)NC(=O)CCCCCCCCCCCCCCCCCCCCCCCCCC. The van der Waals surface area contributed by atoms with Gasteiger partial charge in [0.05, 0.1) is 38.6 Å². The van der Waals surface area contributed by atoms with Crippen molar-refractivity contribution in [1.29, 1.82) is 0 Å². The molecule has 3 rings (SSSR count). The Bertz CT molecular complexity index is 1870. The largest absolute Gasteiger partial charge is 0.394 e. The van der Waals surface area contributed by atoms with E-state index in [0.29, 0.717) is 12.8 Å². The minimum atomic E-state index is -1.98. The summed E-state index contributed by atoms with van der Waals surface area (Å²) in [6, 6.07) is -0.988. The Morgan fingerprint density at radius 2 is 0.653 bits per heavy atom. The number of hydrogen-bond donors (Lipinski definition) is 12. The summed E-state index contributed by atoms with van der Waals surface area (Å²) < 4.78 is 34.4. The third-order valence-electron chi connectivity index (χ3n) is 20.5. The van der Waals surface area contributed by atoms with Gasteiger partial charge < -0.3 is 89.9 Å². The van der Waals surface area contributed by atoms with Gasteiger partial charge in [0, 0.05) is 6.42 Å². The van der Waals surface area contributed by atoms with Crippen molar-refractivity contribution in [3.8, 4) is 0 Å². The molecule has 0 aromatic rings. The van der Waals surface area contributed by atoms with E-state index in [4.69, 9.17) is 28.4 Å². The molecule has 3 aliphatic heterocycles. The number of allylic oxidation sites excluding steroid dienone is 3. The zero-order valence-corrected chi connectivity index (χ0v) is 61.8. The molecule has 19 heteroatoms. The average molecular weight is 1400 g/mol. The third-order valence-corrected chi connectivity index (χ3v) is 20.5. The number of amides is 1. The maximum atomic E-state index is 13.5. The molecule has 17 atom stereocenters. The predicted molar refractivity (Wildman–Crippen MR) is 388 cm³/mol. The van der Waals surface area contributed by atoms with Gasteiger partial charge in [-0.3, -0.25) is 4.79 Å². The van der Waals surface area contributed by atoms with Crippen LogP contribution in [0.15, 0.2) is 24.3 Å². The molecular formula is C79H149NO18. The topological polar surface area (TPSA) is 307 Å². The molecule has 3 aliphatic rings. The van der Waals surface area contributed by atoms with Crippen LogP contribution in [-0.2, 0) is 33.2 Å². The highest BCUT2D eigenvalue weighted by atomic mass is 16.8. The van der Waals surface area contributed by atoms with Gasteiger partial charge in [0.25, 0.3) is 0 Å². The van der Waals surface area contributed by atoms with Gasteiger partial charge in [-0.15, -0.1) is 0 Å². The second-order valence-electron chi connectivity index (χ2n) is 29.2. The molecule has 0 aromatic heterocycles. The summed E-state index contributed by atoms with van der Waals surface area (Å²) in [5.41, 5.74) is 0. The number of unbranched alkanes of at least 4 members (excludes halogenated alkanes) is 47. The number of carbonyl (C=O) groups excluding carboxylic acids is 1. The van der Waals surface area contributed by atoms with Gasteiger partial charge in [-0.1, -0.05) is 327 Å². The Hall–Kier alpha value is -1.73. The van der Waals surface area contributed by atoms with E-state index in [1.165, 1.54) is 270 Å². The second-order valence-corrected chi connectivity index (χ2v) is 29.2. The van der Waals surface area contributed by atoms with Crippen LogP contribution in [-0.4, -0.2) is 193 Å². The lowest BCUT2D eigenvalue weighted by molar-refractivity contribution is -0.379. The van der Waals surface area contributed by atoms with E-state index in [-0.39, 0.29) is 18.9 Å². The number of aliphatic hydroxyl groups excluding tert-OH is 11. The van der Waals surface area contributed by atoms with Crippen molar-refractivity contribution in [1.82, 2.24) is 5.32 Å². The summed E-state index contributed by atoms with van der Waals surface area (Å²) in [5.74, 6) is -0.277. The minimum Gasteiger partial charge on any atom is -0.394 e. The molecule has 19 nitrogen and oxygen atoms in total. The first-order chi connectivity index (χ1) is 47.8. The van der Waals surface area contributed by atoms with Crippen LogP contribution in [0.25, 0.3) is 0 Å². The normalized spacial score (nSPS) is 26.8. The molecule has 578 valence electrons. The van der Waals surface area contributed by atoms with E-state index in [1.807, 2.05) is 6.08 Å². The molecule has 0 radical (unpaired) electrons. The highest BCUT2D eigenvalue weighted by molar-refractivity contribution is 5.76. The van der Waals surface area contributed by atoms with Crippen molar-refractivity contribution in [3.05, 3.63) is 24.3 Å². The highest BCUT2D eigenvalue weighted by Crippen LogP contribution is 2.33. The fourth-order valence-electron chi connectivity index (χ4n) is 14.0. The van der Waals surface area contributed by atoms with Crippen molar-refractivity contribution in [2.75, 3.05) is 26.4 Å². The highest BCUT2D eigenvalue weighted by Gasteiger charge is 2.54. The Labute approximate surface area is 594 Å². The van der Waals surface area contributed by atoms with Crippen LogP contribution in [0.2, 0.25) is 0 Å². The molecule has 0 aliphatic carbocycles. The molecule has 3 saturated heterocycles. The van der Waals surface area contributed by atoms with E-state index in [9.17, 15) is 61.0 Å². The summed E-state index contributed by atoms with van der Waals surface area (Å²) >= 11 is 0. The summed E-state index contributed by atoms with van der Waals surface area (Å²) in [5, 5.41) is 121. The van der Waals surface area contributed by atoms with E-state index >= 15 is 0 Å². The van der Waals surface area contributed by atoms with E-state index in [1.54, 1.807) is 6.08 Å². The van der Waals surface area contributed by atoms with E-state index in [2.05, 4.69) is 31.3 Å². The van der Waals surface area contributed by atoms with Gasteiger partial charge in [-0.05, 0) is 32.1 Å². The Kier molecular flexibility index (Phi) is 55.9. The summed E-state index contributed by atoms with van der Waals surface area (Å²) in [6.07, 6.45) is 46.0. The molecule has 1 amide bonds. The zero-order valence-electron chi connectivity index (χ0n) is 61.8. The number of rotatable bonds is 65. The predicted octanol–water partition coefficient (Wildman–Crippen LogP) is 13.3. The Morgan fingerprint density at radius 1 is 0.357 bits per heavy atom. The molecule has 0 spiro atoms. The zero-order chi connectivity index (χ0) is 71.1. The molecule has 98 heavy (non-hydrogen) atoms.